The Balaban J connectivity index is 2.13. The number of thiol groups is 1. The van der Waals surface area contributed by atoms with E-state index in [2.05, 4.69) is 12.6 Å². The molecule has 1 aliphatic rings. The van der Waals surface area contributed by atoms with Crippen LogP contribution in [0.5, 0.6) is 0 Å². The van der Waals surface area contributed by atoms with Crippen LogP contribution in [0.15, 0.2) is 29.2 Å². The highest BCUT2D eigenvalue weighted by Gasteiger charge is 2.27. The van der Waals surface area contributed by atoms with E-state index in [1.54, 1.807) is 6.07 Å². The van der Waals surface area contributed by atoms with Crippen molar-refractivity contribution < 1.29 is 9.90 Å². The molecule has 18 heavy (non-hydrogen) atoms. The van der Waals surface area contributed by atoms with Gasteiger partial charge in [-0.2, -0.15) is 0 Å². The van der Waals surface area contributed by atoms with Crippen LogP contribution in [0.3, 0.4) is 0 Å². The van der Waals surface area contributed by atoms with Crippen LogP contribution in [0.25, 0.3) is 0 Å². The van der Waals surface area contributed by atoms with E-state index in [0.717, 1.165) is 12.8 Å². The van der Waals surface area contributed by atoms with Gasteiger partial charge >= 0.3 is 0 Å². The molecule has 2 rings (SSSR count). The molecule has 0 spiro atoms. The van der Waals surface area contributed by atoms with Gasteiger partial charge in [-0.05, 0) is 38.3 Å². The molecule has 1 aliphatic heterocycles. The van der Waals surface area contributed by atoms with E-state index in [0.29, 0.717) is 30.0 Å². The number of amides is 1. The first-order valence-electron chi connectivity index (χ1n) is 6.29. The molecule has 1 atom stereocenters. The molecule has 1 heterocycles. The standard InChI is InChI=1S/C14H19NO2S/c1-14(17)7-4-9-15(10-8-14)13(16)11-5-2-3-6-12(11)18/h2-3,5-6,17-18H,4,7-10H2,1H3. The smallest absolute Gasteiger partial charge is 0.254 e. The quantitative estimate of drug-likeness (QED) is 0.765. The molecule has 0 aliphatic carbocycles. The van der Waals surface area contributed by atoms with Crippen LogP contribution in [-0.4, -0.2) is 34.6 Å². The summed E-state index contributed by atoms with van der Waals surface area (Å²) < 4.78 is 0. The number of carbonyl (C=O) groups excluding carboxylic acids is 1. The number of hydrogen-bond acceptors (Lipinski definition) is 3. The maximum absolute atomic E-state index is 12.4. The summed E-state index contributed by atoms with van der Waals surface area (Å²) in [6.45, 7) is 3.15. The van der Waals surface area contributed by atoms with Gasteiger partial charge in [-0.15, -0.1) is 12.6 Å². The monoisotopic (exact) mass is 265 g/mol. The number of hydrogen-bond donors (Lipinski definition) is 2. The second-order valence-electron chi connectivity index (χ2n) is 5.16. The second-order valence-corrected chi connectivity index (χ2v) is 5.64. The van der Waals surface area contributed by atoms with Crippen molar-refractivity contribution in [1.29, 1.82) is 0 Å². The van der Waals surface area contributed by atoms with Crippen LogP contribution in [-0.2, 0) is 0 Å². The molecule has 3 nitrogen and oxygen atoms in total. The van der Waals surface area contributed by atoms with Gasteiger partial charge in [0.15, 0.2) is 0 Å². The van der Waals surface area contributed by atoms with Gasteiger partial charge in [-0.1, -0.05) is 12.1 Å². The summed E-state index contributed by atoms with van der Waals surface area (Å²) in [7, 11) is 0. The Hall–Kier alpha value is -1.00. The van der Waals surface area contributed by atoms with Crippen molar-refractivity contribution in [3.63, 3.8) is 0 Å². The highest BCUT2D eigenvalue weighted by molar-refractivity contribution is 7.80. The van der Waals surface area contributed by atoms with E-state index >= 15 is 0 Å². The number of nitrogens with zero attached hydrogens (tertiary/aromatic N) is 1. The van der Waals surface area contributed by atoms with Crippen molar-refractivity contribution in [2.24, 2.45) is 0 Å². The number of likely N-dealkylation sites (tertiary alicyclic amines) is 1. The first kappa shape index (κ1) is 13.4. The van der Waals surface area contributed by atoms with Gasteiger partial charge in [0.2, 0.25) is 0 Å². The van der Waals surface area contributed by atoms with E-state index in [1.165, 1.54) is 0 Å². The Morgan fingerprint density at radius 2 is 2.06 bits per heavy atom. The third-order valence-electron chi connectivity index (χ3n) is 3.49. The number of rotatable bonds is 1. The van der Waals surface area contributed by atoms with Crippen molar-refractivity contribution in [3.05, 3.63) is 29.8 Å². The van der Waals surface area contributed by atoms with Gasteiger partial charge in [-0.25, -0.2) is 0 Å². The zero-order valence-corrected chi connectivity index (χ0v) is 11.5. The lowest BCUT2D eigenvalue weighted by atomic mass is 9.98. The molecule has 0 bridgehead atoms. The van der Waals surface area contributed by atoms with E-state index in [1.807, 2.05) is 30.0 Å². The topological polar surface area (TPSA) is 40.5 Å². The fourth-order valence-corrected chi connectivity index (χ4v) is 2.55. The van der Waals surface area contributed by atoms with Crippen molar-refractivity contribution in [2.75, 3.05) is 13.1 Å². The average molecular weight is 265 g/mol. The lowest BCUT2D eigenvalue weighted by Crippen LogP contribution is -2.33. The largest absolute Gasteiger partial charge is 0.390 e. The normalized spacial score (nSPS) is 24.7. The van der Waals surface area contributed by atoms with Crippen LogP contribution in [0.1, 0.15) is 36.5 Å². The molecule has 1 amide bonds. The number of carbonyl (C=O) groups is 1. The van der Waals surface area contributed by atoms with E-state index in [-0.39, 0.29) is 5.91 Å². The molecule has 0 aromatic heterocycles. The molecule has 1 fully saturated rings. The molecule has 1 aromatic carbocycles. The first-order chi connectivity index (χ1) is 8.49. The molecule has 98 valence electrons. The third-order valence-corrected chi connectivity index (χ3v) is 3.88. The van der Waals surface area contributed by atoms with Crippen LogP contribution >= 0.6 is 12.6 Å². The van der Waals surface area contributed by atoms with Gasteiger partial charge in [0.05, 0.1) is 11.2 Å². The molecule has 1 aromatic rings. The summed E-state index contributed by atoms with van der Waals surface area (Å²) in [5.74, 6) is 0.0123. The predicted octanol–water partition coefficient (Wildman–Crippen LogP) is 2.35. The summed E-state index contributed by atoms with van der Waals surface area (Å²) >= 11 is 4.32. The second kappa shape index (κ2) is 5.33. The Bertz CT molecular complexity index is 445. The van der Waals surface area contributed by atoms with Gasteiger partial charge in [0.1, 0.15) is 0 Å². The van der Waals surface area contributed by atoms with Crippen molar-refractivity contribution in [1.82, 2.24) is 4.90 Å². The van der Waals surface area contributed by atoms with Crippen molar-refractivity contribution in [2.45, 2.75) is 36.7 Å². The highest BCUT2D eigenvalue weighted by atomic mass is 32.1. The van der Waals surface area contributed by atoms with E-state index in [4.69, 9.17) is 0 Å². The Labute approximate surface area is 113 Å². The molecule has 0 saturated carbocycles. The first-order valence-corrected chi connectivity index (χ1v) is 6.74. The Kier molecular flexibility index (Phi) is 3.97. The molecule has 1 N–H and O–H groups in total. The van der Waals surface area contributed by atoms with Crippen LogP contribution in [0, 0.1) is 0 Å². The van der Waals surface area contributed by atoms with Gasteiger partial charge in [0, 0.05) is 18.0 Å². The zero-order valence-electron chi connectivity index (χ0n) is 10.6. The molecule has 1 saturated heterocycles. The summed E-state index contributed by atoms with van der Waals surface area (Å²) in [5, 5.41) is 10.0. The molecule has 0 radical (unpaired) electrons. The zero-order chi connectivity index (χ0) is 13.2. The molecule has 1 unspecified atom stereocenters. The lowest BCUT2D eigenvalue weighted by molar-refractivity contribution is 0.0437. The molecule has 4 heteroatoms. The predicted molar refractivity (Wildman–Crippen MR) is 74.1 cm³/mol. The van der Waals surface area contributed by atoms with Crippen molar-refractivity contribution >= 4 is 18.5 Å². The van der Waals surface area contributed by atoms with Gasteiger partial charge in [-0.3, -0.25) is 4.79 Å². The minimum Gasteiger partial charge on any atom is -0.390 e. The maximum atomic E-state index is 12.4. The summed E-state index contributed by atoms with van der Waals surface area (Å²) in [6.07, 6.45) is 2.22. The van der Waals surface area contributed by atoms with Gasteiger partial charge < -0.3 is 10.0 Å². The summed E-state index contributed by atoms with van der Waals surface area (Å²) in [6, 6.07) is 7.34. The number of aliphatic hydroxyl groups is 1. The highest BCUT2D eigenvalue weighted by Crippen LogP contribution is 2.23. The summed E-state index contributed by atoms with van der Waals surface area (Å²) in [5.41, 5.74) is -0.00225. The molecular formula is C14H19NO2S. The SMILES string of the molecule is CC1(O)CCCN(C(=O)c2ccccc2S)CC1. The van der Waals surface area contributed by atoms with Crippen LogP contribution in [0.4, 0.5) is 0 Å². The Morgan fingerprint density at radius 3 is 2.78 bits per heavy atom. The van der Waals surface area contributed by atoms with Gasteiger partial charge in [0.25, 0.3) is 5.91 Å². The lowest BCUT2D eigenvalue weighted by Gasteiger charge is -2.23. The van der Waals surface area contributed by atoms with Crippen LogP contribution in [0.2, 0.25) is 0 Å². The fourth-order valence-electron chi connectivity index (χ4n) is 2.29. The molecular weight excluding hydrogens is 246 g/mol. The average Bonchev–Trinajstić information content (AvgIpc) is 2.50. The number of benzene rings is 1. The summed E-state index contributed by atoms with van der Waals surface area (Å²) in [4.78, 5) is 14.9. The third kappa shape index (κ3) is 3.06. The Morgan fingerprint density at radius 1 is 1.33 bits per heavy atom. The minimum absolute atomic E-state index is 0.0123. The maximum Gasteiger partial charge on any atom is 0.254 e. The van der Waals surface area contributed by atoms with E-state index < -0.39 is 5.60 Å². The van der Waals surface area contributed by atoms with E-state index in [9.17, 15) is 9.90 Å². The fraction of sp³-hybridized carbons (Fsp3) is 0.500. The minimum atomic E-state index is -0.643. The van der Waals surface area contributed by atoms with Crippen molar-refractivity contribution in [3.8, 4) is 0 Å². The van der Waals surface area contributed by atoms with Crippen LogP contribution < -0.4 is 0 Å².